The van der Waals surface area contributed by atoms with Gasteiger partial charge in [-0.1, -0.05) is 19.3 Å². The molecule has 0 heterocycles. The molecule has 1 aliphatic carbocycles. The molecule has 0 radical (unpaired) electrons. The van der Waals surface area contributed by atoms with Crippen molar-refractivity contribution in [3.63, 3.8) is 0 Å². The van der Waals surface area contributed by atoms with Crippen molar-refractivity contribution in [2.75, 3.05) is 20.1 Å². The maximum atomic E-state index is 12.0. The van der Waals surface area contributed by atoms with E-state index in [1.807, 2.05) is 27.8 Å². The highest BCUT2D eigenvalue weighted by Gasteiger charge is 2.19. The summed E-state index contributed by atoms with van der Waals surface area (Å²) >= 11 is 0. The molecule has 0 aromatic rings. The molecule has 122 valence electrons. The van der Waals surface area contributed by atoms with E-state index < -0.39 is 11.7 Å². The van der Waals surface area contributed by atoms with Crippen molar-refractivity contribution in [3.05, 3.63) is 0 Å². The summed E-state index contributed by atoms with van der Waals surface area (Å²) in [7, 11) is 1.85. The first kappa shape index (κ1) is 17.8. The van der Waals surface area contributed by atoms with Crippen molar-refractivity contribution in [3.8, 4) is 0 Å². The number of nitrogens with one attached hydrogen (secondary N) is 1. The Hall–Kier alpha value is -1.26. The first-order chi connectivity index (χ1) is 9.78. The van der Waals surface area contributed by atoms with Gasteiger partial charge in [0.25, 0.3) is 0 Å². The second-order valence-corrected chi connectivity index (χ2v) is 6.96. The molecule has 1 fully saturated rings. The third-order valence-electron chi connectivity index (χ3n) is 3.69. The number of carbonyl (C=O) groups excluding carboxylic acids is 2. The fourth-order valence-corrected chi connectivity index (χ4v) is 2.64. The maximum absolute atomic E-state index is 12.0. The van der Waals surface area contributed by atoms with E-state index in [4.69, 9.17) is 4.74 Å². The molecule has 0 aromatic carbocycles. The molecular formula is C16H30N2O3. The molecule has 1 aliphatic rings. The standard InChI is InChI=1S/C16H30N2O3/c1-16(2,3)21-15(20)17-11-10-14(19)18(4)12-13-8-6-5-7-9-13/h13H,5-12H2,1-4H3,(H,17,20). The molecule has 0 unspecified atom stereocenters. The maximum Gasteiger partial charge on any atom is 0.407 e. The summed E-state index contributed by atoms with van der Waals surface area (Å²) < 4.78 is 5.13. The Bertz CT molecular complexity index is 344. The zero-order valence-electron chi connectivity index (χ0n) is 13.9. The van der Waals surface area contributed by atoms with Crippen molar-refractivity contribution < 1.29 is 14.3 Å². The van der Waals surface area contributed by atoms with Crippen LogP contribution in [-0.2, 0) is 9.53 Å². The van der Waals surface area contributed by atoms with E-state index in [1.165, 1.54) is 32.1 Å². The molecule has 1 N–H and O–H groups in total. The number of alkyl carbamates (subject to hydrolysis) is 1. The first-order valence-electron chi connectivity index (χ1n) is 7.99. The zero-order valence-corrected chi connectivity index (χ0v) is 13.9. The summed E-state index contributed by atoms with van der Waals surface area (Å²) in [4.78, 5) is 25.3. The molecular weight excluding hydrogens is 268 g/mol. The minimum absolute atomic E-state index is 0.0802. The third-order valence-corrected chi connectivity index (χ3v) is 3.69. The Labute approximate surface area is 128 Å². The predicted molar refractivity (Wildman–Crippen MR) is 83.1 cm³/mol. The van der Waals surface area contributed by atoms with Crippen molar-refractivity contribution in [1.29, 1.82) is 0 Å². The minimum atomic E-state index is -0.508. The fraction of sp³-hybridized carbons (Fsp3) is 0.875. The lowest BCUT2D eigenvalue weighted by Crippen LogP contribution is -2.37. The van der Waals surface area contributed by atoms with Crippen LogP contribution in [-0.4, -0.2) is 42.6 Å². The first-order valence-corrected chi connectivity index (χ1v) is 7.99. The Morgan fingerprint density at radius 3 is 2.38 bits per heavy atom. The van der Waals surface area contributed by atoms with E-state index in [2.05, 4.69) is 5.32 Å². The van der Waals surface area contributed by atoms with Gasteiger partial charge >= 0.3 is 6.09 Å². The van der Waals surface area contributed by atoms with Gasteiger partial charge in [0.15, 0.2) is 0 Å². The Balaban J connectivity index is 2.18. The van der Waals surface area contributed by atoms with Crippen LogP contribution in [0, 0.1) is 5.92 Å². The highest BCUT2D eigenvalue weighted by Crippen LogP contribution is 2.24. The van der Waals surface area contributed by atoms with E-state index in [1.54, 1.807) is 4.90 Å². The summed E-state index contributed by atoms with van der Waals surface area (Å²) in [6, 6.07) is 0. The van der Waals surface area contributed by atoms with Crippen molar-refractivity contribution in [2.24, 2.45) is 5.92 Å². The molecule has 0 aliphatic heterocycles. The number of amides is 2. The van der Waals surface area contributed by atoms with Crippen LogP contribution in [0.1, 0.15) is 59.3 Å². The molecule has 0 spiro atoms. The molecule has 0 atom stereocenters. The summed E-state index contributed by atoms with van der Waals surface area (Å²) in [6.07, 6.45) is 6.21. The summed E-state index contributed by atoms with van der Waals surface area (Å²) in [5, 5.41) is 2.62. The monoisotopic (exact) mass is 298 g/mol. The van der Waals surface area contributed by atoms with Crippen LogP contribution in [0.25, 0.3) is 0 Å². The van der Waals surface area contributed by atoms with Gasteiger partial charge in [-0.15, -0.1) is 0 Å². The summed E-state index contributed by atoms with van der Waals surface area (Å²) in [6.45, 7) is 6.61. The van der Waals surface area contributed by atoms with Crippen LogP contribution < -0.4 is 5.32 Å². The molecule has 5 heteroatoms. The van der Waals surface area contributed by atoms with Gasteiger partial charge in [0.05, 0.1) is 0 Å². The number of ether oxygens (including phenoxy) is 1. The van der Waals surface area contributed by atoms with Crippen molar-refractivity contribution >= 4 is 12.0 Å². The number of hydrogen-bond acceptors (Lipinski definition) is 3. The average molecular weight is 298 g/mol. The van der Waals surface area contributed by atoms with Crippen LogP contribution in [0.4, 0.5) is 4.79 Å². The second-order valence-electron chi connectivity index (χ2n) is 6.96. The molecule has 0 saturated heterocycles. The topological polar surface area (TPSA) is 58.6 Å². The van der Waals surface area contributed by atoms with Gasteiger partial charge in [0.1, 0.15) is 5.60 Å². The minimum Gasteiger partial charge on any atom is -0.444 e. The molecule has 0 aromatic heterocycles. The lowest BCUT2D eigenvalue weighted by atomic mass is 9.89. The van der Waals surface area contributed by atoms with Crippen LogP contribution in [0.15, 0.2) is 0 Å². The number of rotatable bonds is 5. The van der Waals surface area contributed by atoms with Gasteiger partial charge in [-0.3, -0.25) is 4.79 Å². The van der Waals surface area contributed by atoms with Gasteiger partial charge in [0.2, 0.25) is 5.91 Å². The number of nitrogens with zero attached hydrogens (tertiary/aromatic N) is 1. The molecule has 1 rings (SSSR count). The highest BCUT2D eigenvalue weighted by molar-refractivity contribution is 5.77. The van der Waals surface area contributed by atoms with E-state index in [9.17, 15) is 9.59 Å². The molecule has 0 bridgehead atoms. The number of hydrogen-bond donors (Lipinski definition) is 1. The van der Waals surface area contributed by atoms with Gasteiger partial charge < -0.3 is 15.0 Å². The molecule has 5 nitrogen and oxygen atoms in total. The van der Waals surface area contributed by atoms with Gasteiger partial charge in [0, 0.05) is 26.6 Å². The van der Waals surface area contributed by atoms with Crippen LogP contribution in [0.3, 0.4) is 0 Å². The second kappa shape index (κ2) is 8.25. The number of carbonyl (C=O) groups is 2. The largest absolute Gasteiger partial charge is 0.444 e. The molecule has 2 amide bonds. The Morgan fingerprint density at radius 1 is 1.19 bits per heavy atom. The van der Waals surface area contributed by atoms with Gasteiger partial charge in [-0.25, -0.2) is 4.79 Å². The smallest absolute Gasteiger partial charge is 0.407 e. The third kappa shape index (κ3) is 7.93. The SMILES string of the molecule is CN(CC1CCCCC1)C(=O)CCNC(=O)OC(C)(C)C. The predicted octanol–water partition coefficient (Wildman–Crippen LogP) is 2.94. The fourth-order valence-electron chi connectivity index (χ4n) is 2.64. The van der Waals surface area contributed by atoms with E-state index >= 15 is 0 Å². The lowest BCUT2D eigenvalue weighted by Gasteiger charge is -2.27. The average Bonchev–Trinajstić information content (AvgIpc) is 2.37. The van der Waals surface area contributed by atoms with Crippen molar-refractivity contribution in [1.82, 2.24) is 10.2 Å². The van der Waals surface area contributed by atoms with Gasteiger partial charge in [-0.2, -0.15) is 0 Å². The van der Waals surface area contributed by atoms with Crippen LogP contribution in [0.5, 0.6) is 0 Å². The van der Waals surface area contributed by atoms with Crippen LogP contribution >= 0.6 is 0 Å². The van der Waals surface area contributed by atoms with Crippen LogP contribution in [0.2, 0.25) is 0 Å². The Kier molecular flexibility index (Phi) is 6.99. The normalized spacial score (nSPS) is 16.4. The lowest BCUT2D eigenvalue weighted by molar-refractivity contribution is -0.130. The zero-order chi connectivity index (χ0) is 15.9. The van der Waals surface area contributed by atoms with Gasteiger partial charge in [-0.05, 0) is 39.5 Å². The summed E-state index contributed by atoms with van der Waals surface area (Å²) in [5.41, 5.74) is -0.508. The Morgan fingerprint density at radius 2 is 1.81 bits per heavy atom. The van der Waals surface area contributed by atoms with Crippen molar-refractivity contribution in [2.45, 2.75) is 64.9 Å². The quantitative estimate of drug-likeness (QED) is 0.849. The van der Waals surface area contributed by atoms with E-state index in [0.29, 0.717) is 18.9 Å². The van der Waals surface area contributed by atoms with E-state index in [0.717, 1.165) is 6.54 Å². The van der Waals surface area contributed by atoms with E-state index in [-0.39, 0.29) is 5.91 Å². The molecule has 1 saturated carbocycles. The highest BCUT2D eigenvalue weighted by atomic mass is 16.6. The molecule has 21 heavy (non-hydrogen) atoms. The summed E-state index contributed by atoms with van der Waals surface area (Å²) in [5.74, 6) is 0.725.